The molecule has 0 radical (unpaired) electrons. The van der Waals surface area contributed by atoms with Gasteiger partial charge in [0.05, 0.1) is 7.11 Å². The van der Waals surface area contributed by atoms with E-state index in [1.54, 1.807) is 12.1 Å². The summed E-state index contributed by atoms with van der Waals surface area (Å²) in [6, 6.07) is 3.22. The Bertz CT molecular complexity index is 637. The lowest BCUT2D eigenvalue weighted by Crippen LogP contribution is -2.24. The second-order valence-electron chi connectivity index (χ2n) is 8.60. The molecule has 1 aromatic rings. The predicted molar refractivity (Wildman–Crippen MR) is 111 cm³/mol. The van der Waals surface area contributed by atoms with Crippen molar-refractivity contribution in [2.75, 3.05) is 13.7 Å². The molecule has 3 nitrogen and oxygen atoms in total. The van der Waals surface area contributed by atoms with Gasteiger partial charge in [-0.05, 0) is 61.5 Å². The van der Waals surface area contributed by atoms with E-state index in [4.69, 9.17) is 9.47 Å². The molecule has 1 atom stereocenters. The Morgan fingerprint density at radius 2 is 1.89 bits per heavy atom. The Hall–Kier alpha value is -1.58. The number of ether oxygens (including phenoxy) is 2. The summed E-state index contributed by atoms with van der Waals surface area (Å²) in [5.74, 6) is 2.59. The molecule has 0 aliphatic heterocycles. The van der Waals surface area contributed by atoms with Crippen molar-refractivity contribution in [3.8, 4) is 11.6 Å². The Kier molecular flexibility index (Phi) is 8.17. The summed E-state index contributed by atoms with van der Waals surface area (Å²) in [5, 5.41) is 0. The number of nitrogens with zero attached hydrogens (tertiary/aromatic N) is 1. The summed E-state index contributed by atoms with van der Waals surface area (Å²) in [6.45, 7) is 2.80. The minimum absolute atomic E-state index is 0.146. The van der Waals surface area contributed by atoms with Crippen LogP contribution in [0.25, 0.3) is 0 Å². The Labute approximate surface area is 169 Å². The van der Waals surface area contributed by atoms with Crippen molar-refractivity contribution in [3.63, 3.8) is 0 Å². The molecule has 0 N–H and O–H groups in total. The zero-order chi connectivity index (χ0) is 19.8. The quantitative estimate of drug-likeness (QED) is 0.267. The minimum atomic E-state index is -0.622. The van der Waals surface area contributed by atoms with Gasteiger partial charge in [0.15, 0.2) is 5.75 Å². The maximum absolute atomic E-state index is 13.7. The Morgan fingerprint density at radius 3 is 2.54 bits per heavy atom. The van der Waals surface area contributed by atoms with Crippen molar-refractivity contribution in [1.82, 2.24) is 4.98 Å². The van der Waals surface area contributed by atoms with E-state index >= 15 is 0 Å². The van der Waals surface area contributed by atoms with E-state index in [2.05, 4.69) is 18.0 Å². The van der Waals surface area contributed by atoms with Crippen LogP contribution in [-0.4, -0.2) is 18.7 Å². The predicted octanol–water partition coefficient (Wildman–Crippen LogP) is 6.72. The van der Waals surface area contributed by atoms with Gasteiger partial charge in [-0.2, -0.15) is 9.37 Å². The number of allylic oxidation sites excluding steroid dienone is 1. The fourth-order valence-corrected chi connectivity index (χ4v) is 4.90. The average molecular weight is 390 g/mol. The van der Waals surface area contributed by atoms with E-state index in [-0.39, 0.29) is 5.75 Å². The highest BCUT2D eigenvalue weighted by atomic mass is 19.1. The van der Waals surface area contributed by atoms with Gasteiger partial charge < -0.3 is 9.47 Å². The van der Waals surface area contributed by atoms with Crippen LogP contribution in [-0.2, 0) is 0 Å². The van der Waals surface area contributed by atoms with Crippen LogP contribution < -0.4 is 9.47 Å². The van der Waals surface area contributed by atoms with Crippen molar-refractivity contribution in [2.24, 2.45) is 17.8 Å². The third-order valence-electron chi connectivity index (χ3n) is 6.73. The highest BCUT2D eigenvalue weighted by Crippen LogP contribution is 2.40. The molecule has 1 heterocycles. The molecule has 1 aromatic heterocycles. The number of rotatable bonds is 9. The Morgan fingerprint density at radius 1 is 1.07 bits per heavy atom. The lowest BCUT2D eigenvalue weighted by molar-refractivity contribution is 0.183. The summed E-state index contributed by atoms with van der Waals surface area (Å²) in [6.07, 6.45) is 17.3. The zero-order valence-corrected chi connectivity index (χ0v) is 17.6. The molecule has 4 heteroatoms. The maximum Gasteiger partial charge on any atom is 0.258 e. The van der Waals surface area contributed by atoms with E-state index in [1.165, 1.54) is 76.9 Å². The van der Waals surface area contributed by atoms with E-state index in [0.717, 1.165) is 24.2 Å². The van der Waals surface area contributed by atoms with Gasteiger partial charge in [-0.15, -0.1) is 0 Å². The normalized spacial score (nSPS) is 25.2. The fourth-order valence-electron chi connectivity index (χ4n) is 4.90. The standard InChI is InChI=1S/C24H36FNO2/c1-3-4-5-6-18-7-11-20(12-8-18)21-13-9-19(10-14-21)17-28-23-16-15-22(27-2)24(25)26-23/h9,15-16,18,20-21H,3-8,10-14,17H2,1-2H3. The highest BCUT2D eigenvalue weighted by molar-refractivity contribution is 5.24. The zero-order valence-electron chi connectivity index (χ0n) is 17.6. The molecule has 1 unspecified atom stereocenters. The van der Waals surface area contributed by atoms with Gasteiger partial charge in [-0.3, -0.25) is 0 Å². The van der Waals surface area contributed by atoms with Crippen LogP contribution in [0, 0.1) is 23.7 Å². The number of hydrogen-bond donors (Lipinski definition) is 0. The molecule has 1 saturated carbocycles. The van der Waals surface area contributed by atoms with E-state index < -0.39 is 5.95 Å². The smallest absolute Gasteiger partial charge is 0.258 e. The van der Waals surface area contributed by atoms with Gasteiger partial charge in [-0.1, -0.05) is 51.5 Å². The second kappa shape index (κ2) is 10.8. The van der Waals surface area contributed by atoms with Gasteiger partial charge in [-0.25, -0.2) is 0 Å². The lowest BCUT2D eigenvalue weighted by atomic mass is 9.70. The number of halogens is 1. The van der Waals surface area contributed by atoms with E-state index in [0.29, 0.717) is 12.5 Å². The monoisotopic (exact) mass is 389 g/mol. The molecular formula is C24H36FNO2. The van der Waals surface area contributed by atoms with Crippen molar-refractivity contribution in [1.29, 1.82) is 0 Å². The number of aromatic nitrogens is 1. The van der Waals surface area contributed by atoms with Gasteiger partial charge in [0, 0.05) is 6.07 Å². The van der Waals surface area contributed by atoms with Gasteiger partial charge in [0.2, 0.25) is 5.88 Å². The molecule has 0 amide bonds. The van der Waals surface area contributed by atoms with Crippen LogP contribution in [0.1, 0.15) is 77.6 Å². The first-order chi connectivity index (χ1) is 13.7. The molecule has 0 aromatic carbocycles. The molecular weight excluding hydrogens is 353 g/mol. The molecule has 0 spiro atoms. The highest BCUT2D eigenvalue weighted by Gasteiger charge is 2.28. The first-order valence-electron chi connectivity index (χ1n) is 11.2. The molecule has 156 valence electrons. The molecule has 28 heavy (non-hydrogen) atoms. The maximum atomic E-state index is 13.7. The first kappa shape index (κ1) is 21.1. The summed E-state index contributed by atoms with van der Waals surface area (Å²) in [7, 11) is 1.43. The molecule has 0 bridgehead atoms. The summed E-state index contributed by atoms with van der Waals surface area (Å²) >= 11 is 0. The summed E-state index contributed by atoms with van der Waals surface area (Å²) in [5.41, 5.74) is 1.32. The topological polar surface area (TPSA) is 31.4 Å². The SMILES string of the molecule is CCCCCC1CCC(C2CC=C(COc3ccc(OC)c(F)n3)CC2)CC1. The van der Waals surface area contributed by atoms with Crippen LogP contribution in [0.5, 0.6) is 11.6 Å². The summed E-state index contributed by atoms with van der Waals surface area (Å²) < 4.78 is 24.2. The number of pyridine rings is 1. The fraction of sp³-hybridized carbons (Fsp3) is 0.708. The number of methoxy groups -OCH3 is 1. The van der Waals surface area contributed by atoms with Crippen molar-refractivity contribution in [2.45, 2.75) is 77.6 Å². The van der Waals surface area contributed by atoms with Crippen LogP contribution in [0.15, 0.2) is 23.8 Å². The van der Waals surface area contributed by atoms with Gasteiger partial charge >= 0.3 is 0 Å². The van der Waals surface area contributed by atoms with Crippen LogP contribution in [0.2, 0.25) is 0 Å². The van der Waals surface area contributed by atoms with Gasteiger partial charge in [0.25, 0.3) is 5.95 Å². The van der Waals surface area contributed by atoms with Crippen molar-refractivity contribution >= 4 is 0 Å². The number of hydrogen-bond acceptors (Lipinski definition) is 3. The molecule has 1 fully saturated rings. The van der Waals surface area contributed by atoms with Crippen LogP contribution >= 0.6 is 0 Å². The average Bonchev–Trinajstić information content (AvgIpc) is 2.73. The number of unbranched alkanes of at least 4 members (excludes halogenated alkanes) is 2. The first-order valence-corrected chi connectivity index (χ1v) is 11.2. The van der Waals surface area contributed by atoms with Crippen molar-refractivity contribution < 1.29 is 13.9 Å². The third kappa shape index (κ3) is 5.96. The van der Waals surface area contributed by atoms with Crippen LogP contribution in [0.4, 0.5) is 4.39 Å². The lowest BCUT2D eigenvalue weighted by Gasteiger charge is -2.35. The third-order valence-corrected chi connectivity index (χ3v) is 6.73. The molecule has 3 rings (SSSR count). The van der Waals surface area contributed by atoms with Gasteiger partial charge in [0.1, 0.15) is 6.61 Å². The molecule has 2 aliphatic carbocycles. The van der Waals surface area contributed by atoms with Crippen LogP contribution in [0.3, 0.4) is 0 Å². The second-order valence-corrected chi connectivity index (χ2v) is 8.60. The Balaban J connectivity index is 1.39. The molecule has 2 aliphatic rings. The molecule has 0 saturated heterocycles. The van der Waals surface area contributed by atoms with E-state index in [1.807, 2.05) is 0 Å². The minimum Gasteiger partial charge on any atom is -0.492 e. The summed E-state index contributed by atoms with van der Waals surface area (Å²) in [4.78, 5) is 3.81. The van der Waals surface area contributed by atoms with E-state index in [9.17, 15) is 4.39 Å². The largest absolute Gasteiger partial charge is 0.492 e. The van der Waals surface area contributed by atoms with Crippen molar-refractivity contribution in [3.05, 3.63) is 29.7 Å².